The number of amides is 2. The van der Waals surface area contributed by atoms with Crippen molar-refractivity contribution in [2.24, 2.45) is 0 Å². The van der Waals surface area contributed by atoms with Crippen LogP contribution in [-0.4, -0.2) is 39.3 Å². The monoisotopic (exact) mass is 432 g/mol. The number of benzene rings is 2. The lowest BCUT2D eigenvalue weighted by Crippen LogP contribution is -2.41. The van der Waals surface area contributed by atoms with Gasteiger partial charge in [0.1, 0.15) is 6.04 Å². The van der Waals surface area contributed by atoms with Gasteiger partial charge in [-0.15, -0.1) is 0 Å². The van der Waals surface area contributed by atoms with Gasteiger partial charge < -0.3 is 19.7 Å². The number of fused-ring (bicyclic) bond motifs is 1. The van der Waals surface area contributed by atoms with E-state index in [1.165, 1.54) is 11.1 Å². The number of nitrogens with one attached hydrogen (secondary N) is 1. The number of likely N-dealkylation sites (tertiary alicyclic amines) is 1. The van der Waals surface area contributed by atoms with Gasteiger partial charge in [-0.2, -0.15) is 5.10 Å². The van der Waals surface area contributed by atoms with Crippen molar-refractivity contribution >= 4 is 17.5 Å². The Balaban J connectivity index is 1.25. The molecule has 3 aromatic rings. The maximum Gasteiger partial charge on any atom is 0.247 e. The number of aryl methyl sites for hydroxylation is 1. The van der Waals surface area contributed by atoms with E-state index in [4.69, 9.17) is 9.47 Å². The van der Waals surface area contributed by atoms with Crippen LogP contribution in [0.2, 0.25) is 0 Å². The normalized spacial score (nSPS) is 17.1. The second kappa shape index (κ2) is 8.37. The third kappa shape index (κ3) is 4.03. The summed E-state index contributed by atoms with van der Waals surface area (Å²) in [5.41, 5.74) is 3.88. The first kappa shape index (κ1) is 20.1. The fourth-order valence-electron chi connectivity index (χ4n) is 4.14. The van der Waals surface area contributed by atoms with Crippen LogP contribution in [0.3, 0.4) is 0 Å². The summed E-state index contributed by atoms with van der Waals surface area (Å²) in [5, 5.41) is 7.28. The van der Waals surface area contributed by atoms with Gasteiger partial charge in [-0.25, -0.2) is 0 Å². The summed E-state index contributed by atoms with van der Waals surface area (Å²) in [7, 11) is 0. The zero-order valence-corrected chi connectivity index (χ0v) is 17.8. The van der Waals surface area contributed by atoms with Crippen molar-refractivity contribution < 1.29 is 19.1 Å². The summed E-state index contributed by atoms with van der Waals surface area (Å²) in [6.07, 6.45) is 4.29. The van der Waals surface area contributed by atoms with Crippen LogP contribution in [0.25, 0.3) is 0 Å². The molecule has 2 aromatic carbocycles. The molecule has 0 radical (unpaired) electrons. The van der Waals surface area contributed by atoms with Crippen LogP contribution in [0.15, 0.2) is 54.9 Å². The van der Waals surface area contributed by atoms with E-state index in [0.29, 0.717) is 43.1 Å². The van der Waals surface area contributed by atoms with Crippen molar-refractivity contribution in [3.63, 3.8) is 0 Å². The van der Waals surface area contributed by atoms with Crippen molar-refractivity contribution in [2.45, 2.75) is 38.9 Å². The number of nitrogens with zero attached hydrogens (tertiary/aromatic N) is 3. The Labute approximate surface area is 185 Å². The largest absolute Gasteiger partial charge is 0.454 e. The standard InChI is InChI=1S/C24H24N4O4/c1-16-4-2-3-5-18(16)13-27-14-19(11-25-27)26-24(30)20-7-9-23(29)28(20)12-17-6-8-21-22(10-17)32-15-31-21/h2-6,8,10-11,14,20H,7,9,12-13,15H2,1H3,(H,26,30). The molecule has 8 heteroatoms. The van der Waals surface area contributed by atoms with Crippen LogP contribution >= 0.6 is 0 Å². The third-order valence-electron chi connectivity index (χ3n) is 5.92. The molecule has 8 nitrogen and oxygen atoms in total. The van der Waals surface area contributed by atoms with Gasteiger partial charge in [0, 0.05) is 19.2 Å². The van der Waals surface area contributed by atoms with Crippen LogP contribution in [0.1, 0.15) is 29.5 Å². The van der Waals surface area contributed by atoms with Gasteiger partial charge in [0.25, 0.3) is 0 Å². The lowest BCUT2D eigenvalue weighted by Gasteiger charge is -2.24. The maximum atomic E-state index is 13.0. The predicted octanol–water partition coefficient (Wildman–Crippen LogP) is 3.10. The Morgan fingerprint density at radius 1 is 1.16 bits per heavy atom. The minimum absolute atomic E-state index is 0.0296. The molecule has 0 bridgehead atoms. The fourth-order valence-corrected chi connectivity index (χ4v) is 4.14. The van der Waals surface area contributed by atoms with E-state index in [1.807, 2.05) is 36.5 Å². The Morgan fingerprint density at radius 2 is 2.00 bits per heavy atom. The Kier molecular flexibility index (Phi) is 5.26. The SMILES string of the molecule is Cc1ccccc1Cn1cc(NC(=O)C2CCC(=O)N2Cc2ccc3c(c2)OCO3)cn1. The molecule has 1 saturated heterocycles. The van der Waals surface area contributed by atoms with Gasteiger partial charge in [0.05, 0.1) is 18.4 Å². The van der Waals surface area contributed by atoms with Crippen LogP contribution < -0.4 is 14.8 Å². The van der Waals surface area contributed by atoms with E-state index < -0.39 is 6.04 Å². The molecule has 1 N–H and O–H groups in total. The summed E-state index contributed by atoms with van der Waals surface area (Å²) in [4.78, 5) is 27.1. The maximum absolute atomic E-state index is 13.0. The lowest BCUT2D eigenvalue weighted by atomic mass is 10.1. The predicted molar refractivity (Wildman–Crippen MR) is 117 cm³/mol. The molecule has 1 fully saturated rings. The fraction of sp³-hybridized carbons (Fsp3) is 0.292. The molecular formula is C24H24N4O4. The molecule has 1 atom stereocenters. The van der Waals surface area contributed by atoms with Crippen molar-refractivity contribution in [3.8, 4) is 11.5 Å². The zero-order chi connectivity index (χ0) is 22.1. The highest BCUT2D eigenvalue weighted by Gasteiger charge is 2.36. The zero-order valence-electron chi connectivity index (χ0n) is 17.8. The highest BCUT2D eigenvalue weighted by atomic mass is 16.7. The minimum atomic E-state index is -0.521. The van der Waals surface area contributed by atoms with E-state index in [-0.39, 0.29) is 18.6 Å². The summed E-state index contributed by atoms with van der Waals surface area (Å²) in [6, 6.07) is 13.2. The number of rotatable bonds is 6. The van der Waals surface area contributed by atoms with Crippen LogP contribution in [0.4, 0.5) is 5.69 Å². The molecule has 164 valence electrons. The van der Waals surface area contributed by atoms with Crippen LogP contribution in [0.5, 0.6) is 11.5 Å². The van der Waals surface area contributed by atoms with E-state index >= 15 is 0 Å². The first-order valence-electron chi connectivity index (χ1n) is 10.6. The first-order chi connectivity index (χ1) is 15.6. The quantitative estimate of drug-likeness (QED) is 0.647. The number of ether oxygens (including phenoxy) is 2. The van der Waals surface area contributed by atoms with E-state index in [1.54, 1.807) is 15.8 Å². The summed E-state index contributed by atoms with van der Waals surface area (Å²) < 4.78 is 12.6. The highest BCUT2D eigenvalue weighted by molar-refractivity contribution is 5.98. The van der Waals surface area contributed by atoms with E-state index in [9.17, 15) is 9.59 Å². The molecule has 5 rings (SSSR count). The van der Waals surface area contributed by atoms with Crippen molar-refractivity contribution in [2.75, 3.05) is 12.1 Å². The van der Waals surface area contributed by atoms with Crippen molar-refractivity contribution in [1.82, 2.24) is 14.7 Å². The smallest absolute Gasteiger partial charge is 0.247 e. The number of anilines is 1. The first-order valence-corrected chi connectivity index (χ1v) is 10.6. The molecule has 1 unspecified atom stereocenters. The van der Waals surface area contributed by atoms with E-state index in [2.05, 4.69) is 29.5 Å². The summed E-state index contributed by atoms with van der Waals surface area (Å²) in [6.45, 7) is 3.23. The third-order valence-corrected chi connectivity index (χ3v) is 5.92. The Bertz CT molecular complexity index is 1170. The van der Waals surface area contributed by atoms with Crippen molar-refractivity contribution in [1.29, 1.82) is 0 Å². The van der Waals surface area contributed by atoms with Gasteiger partial charge >= 0.3 is 0 Å². The number of carbonyl (C=O) groups is 2. The molecule has 3 heterocycles. The molecular weight excluding hydrogens is 408 g/mol. The van der Waals surface area contributed by atoms with Gasteiger partial charge in [-0.05, 0) is 42.2 Å². The molecule has 2 amide bonds. The number of hydrogen-bond donors (Lipinski definition) is 1. The highest BCUT2D eigenvalue weighted by Crippen LogP contribution is 2.33. The second-order valence-corrected chi connectivity index (χ2v) is 8.11. The van der Waals surface area contributed by atoms with Crippen molar-refractivity contribution in [3.05, 3.63) is 71.5 Å². The number of carbonyl (C=O) groups excluding carboxylic acids is 2. The Hall–Kier alpha value is -3.81. The number of hydrogen-bond acceptors (Lipinski definition) is 5. The average Bonchev–Trinajstić information content (AvgIpc) is 3.51. The number of aromatic nitrogens is 2. The molecule has 0 spiro atoms. The molecule has 2 aliphatic heterocycles. The van der Waals surface area contributed by atoms with Crippen LogP contribution in [-0.2, 0) is 22.7 Å². The van der Waals surface area contributed by atoms with Gasteiger partial charge in [0.2, 0.25) is 18.6 Å². The summed E-state index contributed by atoms with van der Waals surface area (Å²) in [5.74, 6) is 1.12. The molecule has 0 saturated carbocycles. The molecule has 0 aliphatic carbocycles. The Morgan fingerprint density at radius 3 is 2.88 bits per heavy atom. The van der Waals surface area contributed by atoms with Gasteiger partial charge in [-0.1, -0.05) is 30.3 Å². The second-order valence-electron chi connectivity index (χ2n) is 8.11. The molecule has 2 aliphatic rings. The van der Waals surface area contributed by atoms with E-state index in [0.717, 1.165) is 5.56 Å². The minimum Gasteiger partial charge on any atom is -0.454 e. The molecule has 32 heavy (non-hydrogen) atoms. The summed E-state index contributed by atoms with van der Waals surface area (Å²) >= 11 is 0. The molecule has 1 aromatic heterocycles. The average molecular weight is 432 g/mol. The van der Waals surface area contributed by atoms with Crippen LogP contribution in [0, 0.1) is 6.92 Å². The van der Waals surface area contributed by atoms with Gasteiger partial charge in [0.15, 0.2) is 11.5 Å². The lowest BCUT2D eigenvalue weighted by molar-refractivity contribution is -0.133. The topological polar surface area (TPSA) is 85.7 Å². The van der Waals surface area contributed by atoms with Gasteiger partial charge in [-0.3, -0.25) is 14.3 Å².